The molecule has 0 aromatic heterocycles. The van der Waals surface area contributed by atoms with E-state index in [2.05, 4.69) is 10.2 Å². The molecule has 0 radical (unpaired) electrons. The van der Waals surface area contributed by atoms with Gasteiger partial charge in [-0.15, -0.1) is 0 Å². The zero-order chi connectivity index (χ0) is 12.8. The third kappa shape index (κ3) is 3.44. The molecule has 0 aromatic carbocycles. The number of aliphatic hydroxyl groups is 1. The van der Waals surface area contributed by atoms with Crippen molar-refractivity contribution in [1.29, 1.82) is 0 Å². The first-order valence-corrected chi connectivity index (χ1v) is 7.37. The molecule has 0 aromatic rings. The van der Waals surface area contributed by atoms with Crippen molar-refractivity contribution in [3.05, 3.63) is 0 Å². The lowest BCUT2D eigenvalue weighted by Gasteiger charge is -2.45. The highest BCUT2D eigenvalue weighted by molar-refractivity contribution is 4.90. The number of aliphatic hydroxyl groups excluding tert-OH is 1. The van der Waals surface area contributed by atoms with Crippen LogP contribution in [0.25, 0.3) is 0 Å². The van der Waals surface area contributed by atoms with E-state index < -0.39 is 0 Å². The second-order valence-corrected chi connectivity index (χ2v) is 5.92. The van der Waals surface area contributed by atoms with Crippen LogP contribution in [0.2, 0.25) is 0 Å². The topological polar surface area (TPSA) is 44.7 Å². The summed E-state index contributed by atoms with van der Waals surface area (Å²) in [4.78, 5) is 2.52. The van der Waals surface area contributed by atoms with E-state index in [1.54, 1.807) is 0 Å². The van der Waals surface area contributed by atoms with Gasteiger partial charge in [-0.2, -0.15) is 0 Å². The average molecular weight is 256 g/mol. The number of rotatable bonds is 7. The molecule has 1 saturated carbocycles. The summed E-state index contributed by atoms with van der Waals surface area (Å²) in [5.41, 5.74) is 0.345. The van der Waals surface area contributed by atoms with Gasteiger partial charge in [0, 0.05) is 38.9 Å². The largest absolute Gasteiger partial charge is 0.395 e. The second-order valence-electron chi connectivity index (χ2n) is 5.92. The van der Waals surface area contributed by atoms with Gasteiger partial charge in [-0.05, 0) is 38.1 Å². The van der Waals surface area contributed by atoms with E-state index >= 15 is 0 Å². The maximum atomic E-state index is 9.27. The summed E-state index contributed by atoms with van der Waals surface area (Å²) >= 11 is 0. The van der Waals surface area contributed by atoms with Gasteiger partial charge in [0.2, 0.25) is 0 Å². The molecule has 106 valence electrons. The minimum absolute atomic E-state index is 0.280. The Morgan fingerprint density at radius 3 is 2.56 bits per heavy atom. The first-order chi connectivity index (χ1) is 8.79. The Balaban J connectivity index is 1.95. The molecule has 2 rings (SSSR count). The molecule has 1 aliphatic heterocycles. The van der Waals surface area contributed by atoms with E-state index in [0.29, 0.717) is 11.5 Å². The van der Waals surface area contributed by atoms with Crippen LogP contribution in [-0.2, 0) is 4.74 Å². The first kappa shape index (κ1) is 14.3. The molecule has 4 nitrogen and oxygen atoms in total. The zero-order valence-corrected chi connectivity index (χ0v) is 11.7. The molecule has 18 heavy (non-hydrogen) atoms. The van der Waals surface area contributed by atoms with Gasteiger partial charge in [-0.1, -0.05) is 6.42 Å². The molecular weight excluding hydrogens is 228 g/mol. The smallest absolute Gasteiger partial charge is 0.0558 e. The fourth-order valence-corrected chi connectivity index (χ4v) is 3.27. The van der Waals surface area contributed by atoms with Crippen LogP contribution >= 0.6 is 0 Å². The van der Waals surface area contributed by atoms with Crippen LogP contribution in [0, 0.1) is 5.41 Å². The summed E-state index contributed by atoms with van der Waals surface area (Å²) in [5, 5.41) is 12.6. The maximum absolute atomic E-state index is 9.27. The summed E-state index contributed by atoms with van der Waals surface area (Å²) < 4.78 is 5.52. The molecule has 0 amide bonds. The first-order valence-electron chi connectivity index (χ1n) is 7.37. The van der Waals surface area contributed by atoms with Crippen molar-refractivity contribution in [2.75, 3.05) is 46.5 Å². The van der Waals surface area contributed by atoms with E-state index in [9.17, 15) is 5.11 Å². The SMILES string of the molecule is CNCC1(CN(CCO)C2CCC2)CCOCC1. The molecule has 4 heteroatoms. The zero-order valence-electron chi connectivity index (χ0n) is 11.7. The Bertz CT molecular complexity index is 232. The molecule has 0 bridgehead atoms. The Labute approximate surface area is 111 Å². The van der Waals surface area contributed by atoms with Gasteiger partial charge >= 0.3 is 0 Å². The number of nitrogens with one attached hydrogen (secondary N) is 1. The molecule has 0 atom stereocenters. The van der Waals surface area contributed by atoms with Crippen molar-refractivity contribution in [2.45, 2.75) is 38.1 Å². The van der Waals surface area contributed by atoms with Gasteiger partial charge in [0.1, 0.15) is 0 Å². The Morgan fingerprint density at radius 1 is 1.33 bits per heavy atom. The molecule has 1 heterocycles. The van der Waals surface area contributed by atoms with Crippen LogP contribution in [0.3, 0.4) is 0 Å². The van der Waals surface area contributed by atoms with Gasteiger partial charge in [-0.25, -0.2) is 0 Å². The third-order valence-electron chi connectivity index (χ3n) is 4.62. The summed E-state index contributed by atoms with van der Waals surface area (Å²) in [6.07, 6.45) is 6.26. The van der Waals surface area contributed by atoms with Gasteiger partial charge in [0.25, 0.3) is 0 Å². The number of nitrogens with zero attached hydrogens (tertiary/aromatic N) is 1. The predicted molar refractivity (Wildman–Crippen MR) is 72.7 cm³/mol. The molecule has 2 N–H and O–H groups in total. The lowest BCUT2D eigenvalue weighted by molar-refractivity contribution is -0.0224. The van der Waals surface area contributed by atoms with E-state index in [0.717, 1.165) is 45.7 Å². The monoisotopic (exact) mass is 256 g/mol. The number of hydrogen-bond donors (Lipinski definition) is 2. The maximum Gasteiger partial charge on any atom is 0.0558 e. The highest BCUT2D eigenvalue weighted by Gasteiger charge is 2.36. The third-order valence-corrected chi connectivity index (χ3v) is 4.62. The molecule has 0 spiro atoms. The van der Waals surface area contributed by atoms with Crippen LogP contribution in [0.15, 0.2) is 0 Å². The lowest BCUT2D eigenvalue weighted by atomic mass is 9.78. The quantitative estimate of drug-likeness (QED) is 0.709. The number of hydrogen-bond acceptors (Lipinski definition) is 4. The molecule has 2 aliphatic rings. The van der Waals surface area contributed by atoms with Gasteiger partial charge in [0.05, 0.1) is 6.61 Å². The normalized spacial score (nSPS) is 24.2. The Morgan fingerprint density at radius 2 is 2.06 bits per heavy atom. The van der Waals surface area contributed by atoms with E-state index in [-0.39, 0.29) is 6.61 Å². The van der Waals surface area contributed by atoms with Crippen molar-refractivity contribution in [3.8, 4) is 0 Å². The fraction of sp³-hybridized carbons (Fsp3) is 1.00. The minimum atomic E-state index is 0.280. The van der Waals surface area contributed by atoms with Crippen LogP contribution in [-0.4, -0.2) is 62.6 Å². The van der Waals surface area contributed by atoms with Crippen molar-refractivity contribution in [2.24, 2.45) is 5.41 Å². The van der Waals surface area contributed by atoms with E-state index in [1.165, 1.54) is 19.3 Å². The summed E-state index contributed by atoms with van der Waals surface area (Å²) in [5.74, 6) is 0. The summed E-state index contributed by atoms with van der Waals surface area (Å²) in [6.45, 7) is 5.06. The van der Waals surface area contributed by atoms with E-state index in [1.807, 2.05) is 7.05 Å². The molecule has 2 fully saturated rings. The molecule has 1 saturated heterocycles. The van der Waals surface area contributed by atoms with Crippen molar-refractivity contribution < 1.29 is 9.84 Å². The molecular formula is C14H28N2O2. The van der Waals surface area contributed by atoms with Crippen molar-refractivity contribution in [1.82, 2.24) is 10.2 Å². The van der Waals surface area contributed by atoms with Crippen LogP contribution in [0.1, 0.15) is 32.1 Å². The van der Waals surface area contributed by atoms with Crippen molar-refractivity contribution >= 4 is 0 Å². The van der Waals surface area contributed by atoms with Crippen LogP contribution < -0.4 is 5.32 Å². The minimum Gasteiger partial charge on any atom is -0.395 e. The fourth-order valence-electron chi connectivity index (χ4n) is 3.27. The standard InChI is InChI=1S/C14H28N2O2/c1-15-11-14(5-9-18-10-6-14)12-16(7-8-17)13-3-2-4-13/h13,15,17H,2-12H2,1H3. The van der Waals surface area contributed by atoms with Gasteiger partial charge < -0.3 is 15.2 Å². The molecule has 0 unspecified atom stereocenters. The lowest BCUT2D eigenvalue weighted by Crippen LogP contribution is -2.52. The highest BCUT2D eigenvalue weighted by Crippen LogP contribution is 2.34. The average Bonchev–Trinajstić information content (AvgIpc) is 2.28. The van der Waals surface area contributed by atoms with Crippen LogP contribution in [0.4, 0.5) is 0 Å². The van der Waals surface area contributed by atoms with Gasteiger partial charge in [0.15, 0.2) is 0 Å². The predicted octanol–water partition coefficient (Wildman–Crippen LogP) is 0.849. The van der Waals surface area contributed by atoms with Crippen molar-refractivity contribution in [3.63, 3.8) is 0 Å². The second kappa shape index (κ2) is 6.85. The summed E-state index contributed by atoms with van der Waals surface area (Å²) in [7, 11) is 2.04. The number of ether oxygens (including phenoxy) is 1. The Kier molecular flexibility index (Phi) is 5.42. The Hall–Kier alpha value is -0.160. The van der Waals surface area contributed by atoms with Gasteiger partial charge in [-0.3, -0.25) is 4.90 Å². The van der Waals surface area contributed by atoms with Crippen LogP contribution in [0.5, 0.6) is 0 Å². The summed E-state index contributed by atoms with van der Waals surface area (Å²) in [6, 6.07) is 0.716. The van der Waals surface area contributed by atoms with E-state index in [4.69, 9.17) is 4.74 Å². The highest BCUT2D eigenvalue weighted by atomic mass is 16.5. The molecule has 1 aliphatic carbocycles.